The Morgan fingerprint density at radius 1 is 1.42 bits per heavy atom. The smallest absolute Gasteiger partial charge is 0.351 e. The molecular formula is C9H15N3O7. The molecule has 10 nitrogen and oxygen atoms in total. The van der Waals surface area contributed by atoms with Crippen LogP contribution in [0.2, 0.25) is 0 Å². The van der Waals surface area contributed by atoms with Gasteiger partial charge in [-0.05, 0) is 6.07 Å². The van der Waals surface area contributed by atoms with Crippen LogP contribution in [0.1, 0.15) is 6.23 Å². The Balaban J connectivity index is 0.00000180. The molecule has 1 saturated heterocycles. The summed E-state index contributed by atoms with van der Waals surface area (Å²) in [6.45, 7) is -0.479. The van der Waals surface area contributed by atoms with E-state index in [1.807, 2.05) is 0 Å². The molecule has 0 aromatic carbocycles. The van der Waals surface area contributed by atoms with Crippen LogP contribution in [0.15, 0.2) is 17.1 Å². The fourth-order valence-electron chi connectivity index (χ4n) is 1.78. The van der Waals surface area contributed by atoms with E-state index in [0.29, 0.717) is 0 Å². The van der Waals surface area contributed by atoms with Gasteiger partial charge in [-0.1, -0.05) is 0 Å². The number of aliphatic hydroxyl groups is 3. The molecule has 0 bridgehead atoms. The van der Waals surface area contributed by atoms with Crippen molar-refractivity contribution in [2.45, 2.75) is 24.5 Å². The molecule has 0 aliphatic carbocycles. The highest BCUT2D eigenvalue weighted by atomic mass is 16.6. The summed E-state index contributed by atoms with van der Waals surface area (Å²) < 4.78 is 6.13. The van der Waals surface area contributed by atoms with Gasteiger partial charge in [0.1, 0.15) is 18.3 Å². The van der Waals surface area contributed by atoms with Crippen LogP contribution in [0.4, 0.5) is 5.82 Å². The van der Waals surface area contributed by atoms with Gasteiger partial charge in [0.2, 0.25) is 0 Å². The maximum atomic E-state index is 11.6. The topological polar surface area (TPSA) is 169 Å². The van der Waals surface area contributed by atoms with Crippen molar-refractivity contribution in [2.75, 3.05) is 12.1 Å². The highest BCUT2D eigenvalue weighted by Crippen LogP contribution is 2.27. The lowest BCUT2D eigenvalue weighted by molar-refractivity contribution is -0.0549. The van der Waals surface area contributed by atoms with E-state index < -0.39 is 36.8 Å². The summed E-state index contributed by atoms with van der Waals surface area (Å²) in [6, 6.07) is 1.29. The van der Waals surface area contributed by atoms with E-state index in [-0.39, 0.29) is 11.3 Å². The third-order valence-corrected chi connectivity index (χ3v) is 2.74. The maximum Gasteiger partial charge on any atom is 0.351 e. The van der Waals surface area contributed by atoms with Gasteiger partial charge in [-0.25, -0.2) is 4.79 Å². The highest BCUT2D eigenvalue weighted by Gasteiger charge is 2.43. The van der Waals surface area contributed by atoms with Gasteiger partial charge in [0.05, 0.1) is 6.61 Å². The Morgan fingerprint density at radius 2 is 2.11 bits per heavy atom. The van der Waals surface area contributed by atoms with Gasteiger partial charge in [0, 0.05) is 6.20 Å². The average Bonchev–Trinajstić information content (AvgIpc) is 2.66. The zero-order valence-corrected chi connectivity index (χ0v) is 9.67. The van der Waals surface area contributed by atoms with Crippen molar-refractivity contribution in [1.29, 1.82) is 0 Å². The van der Waals surface area contributed by atoms with Gasteiger partial charge >= 0.3 is 5.69 Å². The number of nitrogens with zero attached hydrogens (tertiary/aromatic N) is 2. The molecule has 7 N–H and O–H groups in total. The molecule has 1 aromatic heterocycles. The van der Waals surface area contributed by atoms with Crippen LogP contribution in [0.25, 0.3) is 0 Å². The minimum atomic E-state index is -1.35. The average molecular weight is 277 g/mol. The van der Waals surface area contributed by atoms with E-state index in [4.69, 9.17) is 15.1 Å². The van der Waals surface area contributed by atoms with Crippen molar-refractivity contribution in [3.63, 3.8) is 0 Å². The summed E-state index contributed by atoms with van der Waals surface area (Å²) in [5, 5.41) is 36.8. The molecular weight excluding hydrogens is 262 g/mol. The lowest BCUT2D eigenvalue weighted by Gasteiger charge is -2.16. The molecule has 0 saturated carbocycles. The van der Waals surface area contributed by atoms with Gasteiger partial charge < -0.3 is 25.5 Å². The van der Waals surface area contributed by atoms with Crippen LogP contribution >= 0.6 is 0 Å². The van der Waals surface area contributed by atoms with Crippen LogP contribution in [0.3, 0.4) is 0 Å². The largest absolute Gasteiger partial charge is 0.412 e. The van der Waals surface area contributed by atoms with Crippen LogP contribution in [-0.2, 0) is 4.74 Å². The lowest BCUT2D eigenvalue weighted by atomic mass is 10.1. The molecule has 108 valence electrons. The second-order valence-electron chi connectivity index (χ2n) is 3.84. The van der Waals surface area contributed by atoms with Gasteiger partial charge in [-0.2, -0.15) is 4.98 Å². The summed E-state index contributed by atoms with van der Waals surface area (Å²) in [7, 11) is 0. The predicted molar refractivity (Wildman–Crippen MR) is 60.5 cm³/mol. The van der Waals surface area contributed by atoms with Crippen LogP contribution < -0.4 is 11.2 Å². The van der Waals surface area contributed by atoms with Crippen molar-refractivity contribution in [2.24, 2.45) is 0 Å². The van der Waals surface area contributed by atoms with E-state index in [1.165, 1.54) is 12.3 Å². The number of hydrogen-bond donors (Lipinski definition) is 5. The van der Waals surface area contributed by atoms with Crippen molar-refractivity contribution < 1.29 is 30.7 Å². The molecule has 0 radical (unpaired) electrons. The summed E-state index contributed by atoms with van der Waals surface area (Å²) in [5.74, 6) is -0.0528. The fourth-order valence-corrected chi connectivity index (χ4v) is 1.78. The molecule has 1 aliphatic rings. The van der Waals surface area contributed by atoms with Crippen LogP contribution in [-0.4, -0.2) is 60.5 Å². The van der Waals surface area contributed by atoms with Gasteiger partial charge in [-0.15, -0.1) is 0 Å². The van der Waals surface area contributed by atoms with Crippen molar-refractivity contribution in [3.05, 3.63) is 22.7 Å². The fraction of sp³-hybridized carbons (Fsp3) is 0.556. The first kappa shape index (κ1) is 15.5. The van der Waals surface area contributed by atoms with Gasteiger partial charge in [-0.3, -0.25) is 15.3 Å². The molecule has 0 amide bonds. The second kappa shape index (κ2) is 6.06. The summed E-state index contributed by atoms with van der Waals surface area (Å²) in [5.41, 5.74) is 0.934. The number of aliphatic hydroxyl groups excluding tert-OH is 3. The van der Waals surface area contributed by atoms with Crippen LogP contribution in [0, 0.1) is 0 Å². The standard InChI is InChI=1S/C9H13N3O6.H2O/c13-3-4-6(14)7(15)8(18-4)12-2-1-5(11-17)10-9(12)16;/h1-2,4,6-8,13-15,17H,3H2,(H,10,11,16);1H2/t4-,6-,7-,8-;/m1./s1. The molecule has 0 spiro atoms. The number of rotatable bonds is 3. The van der Waals surface area contributed by atoms with E-state index in [9.17, 15) is 15.0 Å². The minimum Gasteiger partial charge on any atom is -0.412 e. The number of hydrogen-bond acceptors (Lipinski definition) is 8. The Bertz CT molecular complexity index is 479. The van der Waals surface area contributed by atoms with Crippen molar-refractivity contribution in [1.82, 2.24) is 9.55 Å². The normalized spacial score (nSPS) is 29.9. The third-order valence-electron chi connectivity index (χ3n) is 2.74. The Kier molecular flexibility index (Phi) is 4.94. The molecule has 2 rings (SSSR count). The monoisotopic (exact) mass is 277 g/mol. The summed E-state index contributed by atoms with van der Waals surface area (Å²) >= 11 is 0. The molecule has 1 fully saturated rings. The number of aromatic nitrogens is 2. The Hall–Kier alpha value is -1.56. The number of anilines is 1. The van der Waals surface area contributed by atoms with Crippen LogP contribution in [0.5, 0.6) is 0 Å². The summed E-state index contributed by atoms with van der Waals surface area (Å²) in [6.07, 6.45) is -3.50. The SMILES string of the molecule is O.O=c1nc(NO)ccn1[C@@H]1O[C@H](CO)[C@@H](O)[C@H]1O. The van der Waals surface area contributed by atoms with Gasteiger partial charge in [0.15, 0.2) is 12.0 Å². The Labute approximate surface area is 106 Å². The Morgan fingerprint density at radius 3 is 2.58 bits per heavy atom. The molecule has 19 heavy (non-hydrogen) atoms. The summed E-state index contributed by atoms with van der Waals surface area (Å²) in [4.78, 5) is 15.1. The number of ether oxygens (including phenoxy) is 1. The molecule has 1 aromatic rings. The molecule has 10 heteroatoms. The highest BCUT2D eigenvalue weighted by molar-refractivity contribution is 5.28. The predicted octanol–water partition coefficient (Wildman–Crippen LogP) is -3.17. The van der Waals surface area contributed by atoms with E-state index in [2.05, 4.69) is 4.98 Å². The zero-order valence-electron chi connectivity index (χ0n) is 9.67. The molecule has 1 aliphatic heterocycles. The third kappa shape index (κ3) is 2.73. The molecule has 0 unspecified atom stereocenters. The molecule has 4 atom stereocenters. The second-order valence-corrected chi connectivity index (χ2v) is 3.84. The van der Waals surface area contributed by atoms with Crippen molar-refractivity contribution >= 4 is 5.82 Å². The minimum absolute atomic E-state index is 0. The lowest BCUT2D eigenvalue weighted by Crippen LogP contribution is -2.36. The van der Waals surface area contributed by atoms with Gasteiger partial charge in [0.25, 0.3) is 0 Å². The maximum absolute atomic E-state index is 11.6. The van der Waals surface area contributed by atoms with E-state index in [1.54, 1.807) is 5.48 Å². The molecule has 2 heterocycles. The first-order valence-electron chi connectivity index (χ1n) is 5.20. The first-order valence-corrected chi connectivity index (χ1v) is 5.20. The first-order chi connectivity index (χ1) is 8.58. The van der Waals surface area contributed by atoms with Crippen molar-refractivity contribution in [3.8, 4) is 0 Å². The quantitative estimate of drug-likeness (QED) is 0.360. The zero-order chi connectivity index (χ0) is 13.3. The van der Waals surface area contributed by atoms with E-state index >= 15 is 0 Å². The number of nitrogens with one attached hydrogen (secondary N) is 1. The van der Waals surface area contributed by atoms with E-state index in [0.717, 1.165) is 4.57 Å².